The number of rotatable bonds is 6. The predicted molar refractivity (Wildman–Crippen MR) is 77.2 cm³/mol. The first-order valence-corrected chi connectivity index (χ1v) is 7.11. The summed E-state index contributed by atoms with van der Waals surface area (Å²) in [6.45, 7) is 7.48. The van der Waals surface area contributed by atoms with Crippen LogP contribution in [0.1, 0.15) is 26.5 Å². The molecule has 0 aliphatic carbocycles. The maximum atomic E-state index is 11.3. The van der Waals surface area contributed by atoms with Crippen molar-refractivity contribution in [2.24, 2.45) is 0 Å². The molecule has 1 amide bonds. The maximum absolute atomic E-state index is 11.3. The molecular formula is C13H21N3O2S. The van der Waals surface area contributed by atoms with E-state index in [1.807, 2.05) is 43.8 Å². The highest BCUT2D eigenvalue weighted by molar-refractivity contribution is 7.07. The summed E-state index contributed by atoms with van der Waals surface area (Å²) in [5.41, 5.74) is 2.41. The van der Waals surface area contributed by atoms with Crippen LogP contribution in [0.15, 0.2) is 23.0 Å². The van der Waals surface area contributed by atoms with Crippen molar-refractivity contribution in [3.63, 3.8) is 0 Å². The molecule has 5 nitrogen and oxygen atoms in total. The van der Waals surface area contributed by atoms with Gasteiger partial charge in [0.15, 0.2) is 0 Å². The van der Waals surface area contributed by atoms with Crippen LogP contribution in [-0.4, -0.2) is 29.8 Å². The van der Waals surface area contributed by atoms with Crippen LogP contribution < -0.4 is 10.6 Å². The molecule has 6 heteroatoms. The molecule has 0 aliphatic heterocycles. The van der Waals surface area contributed by atoms with Crippen LogP contribution in [0.5, 0.6) is 0 Å². The standard InChI is InChI=1S/C13H21N3O2S/c1-13(2,3)18-12(17)15-7-5-4-6-14-8-11-9-19-10-16-11/h4-5,9-10,14H,6-8H2,1-3H3,(H,15,17)/b5-4+. The fourth-order valence-corrected chi connectivity index (χ4v) is 1.79. The number of hydrogen-bond acceptors (Lipinski definition) is 5. The molecule has 0 atom stereocenters. The molecule has 0 saturated carbocycles. The SMILES string of the molecule is CC(C)(C)OC(=O)NC/C=C/CNCc1cscn1. The van der Waals surface area contributed by atoms with E-state index in [1.54, 1.807) is 11.3 Å². The van der Waals surface area contributed by atoms with Gasteiger partial charge in [-0.25, -0.2) is 9.78 Å². The number of carbonyl (C=O) groups is 1. The van der Waals surface area contributed by atoms with Crippen molar-refractivity contribution in [2.75, 3.05) is 13.1 Å². The largest absolute Gasteiger partial charge is 0.444 e. The Balaban J connectivity index is 2.03. The summed E-state index contributed by atoms with van der Waals surface area (Å²) < 4.78 is 5.11. The topological polar surface area (TPSA) is 63.2 Å². The summed E-state index contributed by atoms with van der Waals surface area (Å²) in [5.74, 6) is 0. The lowest BCUT2D eigenvalue weighted by Gasteiger charge is -2.19. The second kappa shape index (κ2) is 7.91. The van der Waals surface area contributed by atoms with Gasteiger partial charge in [-0.05, 0) is 20.8 Å². The van der Waals surface area contributed by atoms with Gasteiger partial charge in [-0.15, -0.1) is 11.3 Å². The van der Waals surface area contributed by atoms with Gasteiger partial charge in [0, 0.05) is 25.0 Å². The molecule has 0 aliphatic rings. The minimum atomic E-state index is -0.455. The number of aromatic nitrogens is 1. The van der Waals surface area contributed by atoms with Crippen LogP contribution >= 0.6 is 11.3 Å². The molecule has 0 spiro atoms. The van der Waals surface area contributed by atoms with Crippen molar-refractivity contribution >= 4 is 17.4 Å². The van der Waals surface area contributed by atoms with E-state index in [4.69, 9.17) is 4.74 Å². The maximum Gasteiger partial charge on any atom is 0.407 e. The Morgan fingerprint density at radius 2 is 2.16 bits per heavy atom. The normalized spacial score (nSPS) is 11.7. The van der Waals surface area contributed by atoms with Gasteiger partial charge in [0.05, 0.1) is 11.2 Å². The number of thiazole rings is 1. The molecule has 2 N–H and O–H groups in total. The zero-order valence-corrected chi connectivity index (χ0v) is 12.4. The lowest BCUT2D eigenvalue weighted by molar-refractivity contribution is 0.0534. The smallest absolute Gasteiger partial charge is 0.407 e. The summed E-state index contributed by atoms with van der Waals surface area (Å²) >= 11 is 1.59. The second-order valence-corrected chi connectivity index (χ2v) is 5.68. The second-order valence-electron chi connectivity index (χ2n) is 4.96. The molecular weight excluding hydrogens is 262 g/mol. The Bertz CT molecular complexity index is 397. The summed E-state index contributed by atoms with van der Waals surface area (Å²) in [5, 5.41) is 7.90. The number of amides is 1. The Morgan fingerprint density at radius 1 is 1.42 bits per heavy atom. The summed E-state index contributed by atoms with van der Waals surface area (Å²) in [7, 11) is 0. The van der Waals surface area contributed by atoms with Gasteiger partial charge < -0.3 is 15.4 Å². The van der Waals surface area contributed by atoms with E-state index in [0.717, 1.165) is 18.8 Å². The number of ether oxygens (including phenoxy) is 1. The monoisotopic (exact) mass is 283 g/mol. The molecule has 1 rings (SSSR count). The molecule has 0 saturated heterocycles. The van der Waals surface area contributed by atoms with Gasteiger partial charge in [0.2, 0.25) is 0 Å². The predicted octanol–water partition coefficient (Wildman–Crippen LogP) is 2.31. The summed E-state index contributed by atoms with van der Waals surface area (Å²) in [6.07, 6.45) is 3.45. The van der Waals surface area contributed by atoms with E-state index in [0.29, 0.717) is 6.54 Å². The Labute approximate surface area is 118 Å². The molecule has 0 radical (unpaired) electrons. The van der Waals surface area contributed by atoms with Gasteiger partial charge in [-0.3, -0.25) is 0 Å². The Morgan fingerprint density at radius 3 is 2.79 bits per heavy atom. The molecule has 0 unspecified atom stereocenters. The third kappa shape index (κ3) is 8.34. The Kier molecular flexibility index (Phi) is 6.52. The third-order valence-corrected chi connectivity index (χ3v) is 2.62. The molecule has 1 aromatic rings. The van der Waals surface area contributed by atoms with Crippen molar-refractivity contribution in [3.8, 4) is 0 Å². The lowest BCUT2D eigenvalue weighted by Crippen LogP contribution is -2.32. The molecule has 1 aromatic heterocycles. The van der Waals surface area contributed by atoms with Crippen LogP contribution in [0, 0.1) is 0 Å². The fourth-order valence-electron chi connectivity index (χ4n) is 1.23. The Hall–Kier alpha value is -1.40. The van der Waals surface area contributed by atoms with Crippen LogP contribution in [0.2, 0.25) is 0 Å². The quantitative estimate of drug-likeness (QED) is 0.621. The van der Waals surface area contributed by atoms with E-state index in [-0.39, 0.29) is 0 Å². The molecule has 19 heavy (non-hydrogen) atoms. The van der Waals surface area contributed by atoms with Crippen molar-refractivity contribution in [1.29, 1.82) is 0 Å². The first-order chi connectivity index (χ1) is 8.97. The minimum absolute atomic E-state index is 0.396. The number of carbonyl (C=O) groups excluding carboxylic acids is 1. The lowest BCUT2D eigenvalue weighted by atomic mass is 10.2. The van der Waals surface area contributed by atoms with E-state index in [2.05, 4.69) is 15.6 Å². The highest BCUT2D eigenvalue weighted by Crippen LogP contribution is 2.06. The molecule has 0 bridgehead atoms. The van der Waals surface area contributed by atoms with E-state index >= 15 is 0 Å². The van der Waals surface area contributed by atoms with Gasteiger partial charge in [-0.1, -0.05) is 12.2 Å². The number of alkyl carbamates (subject to hydrolysis) is 1. The number of hydrogen-bond donors (Lipinski definition) is 2. The van der Waals surface area contributed by atoms with Gasteiger partial charge in [0.25, 0.3) is 0 Å². The molecule has 106 valence electrons. The van der Waals surface area contributed by atoms with E-state index in [1.165, 1.54) is 0 Å². The minimum Gasteiger partial charge on any atom is -0.444 e. The summed E-state index contributed by atoms with van der Waals surface area (Å²) in [6, 6.07) is 0. The highest BCUT2D eigenvalue weighted by Gasteiger charge is 2.14. The van der Waals surface area contributed by atoms with Crippen molar-refractivity contribution < 1.29 is 9.53 Å². The number of nitrogens with zero attached hydrogens (tertiary/aromatic N) is 1. The zero-order chi connectivity index (χ0) is 14.1. The first-order valence-electron chi connectivity index (χ1n) is 6.17. The summed E-state index contributed by atoms with van der Waals surface area (Å²) in [4.78, 5) is 15.5. The van der Waals surface area contributed by atoms with E-state index < -0.39 is 11.7 Å². The number of nitrogens with one attached hydrogen (secondary N) is 2. The molecule has 0 fully saturated rings. The van der Waals surface area contributed by atoms with Crippen molar-refractivity contribution in [2.45, 2.75) is 32.9 Å². The van der Waals surface area contributed by atoms with Crippen molar-refractivity contribution in [3.05, 3.63) is 28.7 Å². The first kappa shape index (κ1) is 15.7. The zero-order valence-electron chi connectivity index (χ0n) is 11.6. The fraction of sp³-hybridized carbons (Fsp3) is 0.538. The van der Waals surface area contributed by atoms with E-state index in [9.17, 15) is 4.79 Å². The average molecular weight is 283 g/mol. The van der Waals surface area contributed by atoms with Gasteiger partial charge in [0.1, 0.15) is 5.60 Å². The van der Waals surface area contributed by atoms with Gasteiger partial charge >= 0.3 is 6.09 Å². The van der Waals surface area contributed by atoms with Crippen molar-refractivity contribution in [1.82, 2.24) is 15.6 Å². The van der Waals surface area contributed by atoms with Gasteiger partial charge in [-0.2, -0.15) is 0 Å². The molecule has 1 heterocycles. The molecule has 0 aromatic carbocycles. The average Bonchev–Trinajstić information content (AvgIpc) is 2.78. The highest BCUT2D eigenvalue weighted by atomic mass is 32.1. The van der Waals surface area contributed by atoms with Crippen LogP contribution in [0.25, 0.3) is 0 Å². The van der Waals surface area contributed by atoms with Crippen LogP contribution in [-0.2, 0) is 11.3 Å². The van der Waals surface area contributed by atoms with Crippen LogP contribution in [0.3, 0.4) is 0 Å². The van der Waals surface area contributed by atoms with Crippen LogP contribution in [0.4, 0.5) is 4.79 Å². The third-order valence-electron chi connectivity index (χ3n) is 1.98.